The van der Waals surface area contributed by atoms with E-state index in [1.54, 1.807) is 0 Å². The molecule has 0 aromatic heterocycles. The molecular weight excluding hydrogens is 248 g/mol. The van der Waals surface area contributed by atoms with Crippen molar-refractivity contribution in [3.8, 4) is 0 Å². The molecule has 2 N–H and O–H groups in total. The largest absolute Gasteiger partial charge is 0.387 e. The van der Waals surface area contributed by atoms with Crippen LogP contribution in [0.1, 0.15) is 38.3 Å². The molecule has 1 aliphatic heterocycles. The van der Waals surface area contributed by atoms with Crippen LogP contribution in [0.25, 0.3) is 0 Å². The number of benzene rings is 1. The van der Waals surface area contributed by atoms with Gasteiger partial charge in [0.15, 0.2) is 0 Å². The molecule has 1 atom stereocenters. The van der Waals surface area contributed by atoms with Crippen molar-refractivity contribution >= 4 is 5.69 Å². The molecule has 1 aliphatic rings. The fourth-order valence-electron chi connectivity index (χ4n) is 2.86. The molecule has 0 bridgehead atoms. The smallest absolute Gasteiger partial charge is 0.0917 e. The zero-order valence-electron chi connectivity index (χ0n) is 13.2. The summed E-state index contributed by atoms with van der Waals surface area (Å²) in [7, 11) is 0. The van der Waals surface area contributed by atoms with Gasteiger partial charge in [0, 0.05) is 31.4 Å². The van der Waals surface area contributed by atoms with Gasteiger partial charge in [-0.1, -0.05) is 31.5 Å². The Hall–Kier alpha value is -1.06. The third-order valence-electron chi connectivity index (χ3n) is 3.87. The van der Waals surface area contributed by atoms with Gasteiger partial charge < -0.3 is 15.3 Å². The molecule has 0 amide bonds. The van der Waals surface area contributed by atoms with Gasteiger partial charge in [-0.05, 0) is 38.3 Å². The first kappa shape index (κ1) is 15.3. The normalized spacial score (nSPS) is 18.0. The summed E-state index contributed by atoms with van der Waals surface area (Å²) in [5.74, 6) is 0. The number of aliphatic hydroxyl groups is 1. The van der Waals surface area contributed by atoms with Crippen LogP contribution in [0.15, 0.2) is 18.2 Å². The average molecular weight is 276 g/mol. The lowest BCUT2D eigenvalue weighted by molar-refractivity contribution is 0.0641. The van der Waals surface area contributed by atoms with E-state index in [-0.39, 0.29) is 0 Å². The fraction of sp³-hybridized carbons (Fsp3) is 0.647. The number of fused-ring (bicyclic) bond motifs is 1. The van der Waals surface area contributed by atoms with Crippen molar-refractivity contribution in [2.45, 2.75) is 52.2 Å². The highest BCUT2D eigenvalue weighted by Gasteiger charge is 2.27. The van der Waals surface area contributed by atoms with Crippen molar-refractivity contribution in [1.29, 1.82) is 0 Å². The van der Waals surface area contributed by atoms with E-state index in [9.17, 15) is 5.11 Å². The maximum Gasteiger partial charge on any atom is 0.0917 e. The summed E-state index contributed by atoms with van der Waals surface area (Å²) in [6.45, 7) is 10.6. The van der Waals surface area contributed by atoms with Crippen molar-refractivity contribution in [1.82, 2.24) is 5.32 Å². The summed E-state index contributed by atoms with van der Waals surface area (Å²) < 4.78 is 0. The van der Waals surface area contributed by atoms with E-state index in [4.69, 9.17) is 0 Å². The second-order valence-corrected chi connectivity index (χ2v) is 6.69. The van der Waals surface area contributed by atoms with Crippen molar-refractivity contribution in [2.75, 3.05) is 24.5 Å². The SMILES string of the molecule is Cc1ccc2c(c1)CCCN2CC(C)(O)CNC(C)C. The molecule has 0 spiro atoms. The Morgan fingerprint density at radius 3 is 2.85 bits per heavy atom. The summed E-state index contributed by atoms with van der Waals surface area (Å²) in [4.78, 5) is 2.33. The van der Waals surface area contributed by atoms with Crippen LogP contribution in [0, 0.1) is 6.92 Å². The predicted octanol–water partition coefficient (Wildman–Crippen LogP) is 2.50. The van der Waals surface area contributed by atoms with Gasteiger partial charge in [0.2, 0.25) is 0 Å². The van der Waals surface area contributed by atoms with Gasteiger partial charge in [0.25, 0.3) is 0 Å². The maximum absolute atomic E-state index is 10.6. The molecule has 3 heteroatoms. The molecule has 112 valence electrons. The van der Waals surface area contributed by atoms with Crippen LogP contribution in [-0.2, 0) is 6.42 Å². The van der Waals surface area contributed by atoms with Gasteiger partial charge in [-0.15, -0.1) is 0 Å². The number of hydrogen-bond acceptors (Lipinski definition) is 3. The Balaban J connectivity index is 2.07. The zero-order valence-corrected chi connectivity index (χ0v) is 13.2. The highest BCUT2D eigenvalue weighted by molar-refractivity contribution is 5.57. The molecule has 1 aromatic carbocycles. The number of aryl methyl sites for hydroxylation is 2. The number of hydrogen-bond donors (Lipinski definition) is 2. The van der Waals surface area contributed by atoms with Crippen LogP contribution in [0.5, 0.6) is 0 Å². The Labute approximate surface area is 123 Å². The van der Waals surface area contributed by atoms with E-state index in [0.717, 1.165) is 13.0 Å². The summed E-state index contributed by atoms with van der Waals surface area (Å²) in [6, 6.07) is 7.05. The third kappa shape index (κ3) is 3.97. The van der Waals surface area contributed by atoms with Crippen LogP contribution < -0.4 is 10.2 Å². The molecule has 2 rings (SSSR count). The molecule has 1 unspecified atom stereocenters. The highest BCUT2D eigenvalue weighted by atomic mass is 16.3. The van der Waals surface area contributed by atoms with Crippen LogP contribution in [-0.4, -0.2) is 36.4 Å². The lowest BCUT2D eigenvalue weighted by Crippen LogP contribution is -2.50. The van der Waals surface area contributed by atoms with E-state index in [0.29, 0.717) is 19.1 Å². The fourth-order valence-corrected chi connectivity index (χ4v) is 2.86. The van der Waals surface area contributed by atoms with E-state index in [2.05, 4.69) is 49.2 Å². The predicted molar refractivity (Wildman–Crippen MR) is 85.5 cm³/mol. The van der Waals surface area contributed by atoms with E-state index >= 15 is 0 Å². The zero-order chi connectivity index (χ0) is 14.8. The minimum Gasteiger partial charge on any atom is -0.387 e. The Morgan fingerprint density at radius 1 is 1.40 bits per heavy atom. The number of nitrogens with one attached hydrogen (secondary N) is 1. The first-order chi connectivity index (χ1) is 9.37. The topological polar surface area (TPSA) is 35.5 Å². The third-order valence-corrected chi connectivity index (χ3v) is 3.87. The molecule has 1 aromatic rings. The van der Waals surface area contributed by atoms with Gasteiger partial charge in [-0.3, -0.25) is 0 Å². The first-order valence-electron chi connectivity index (χ1n) is 7.68. The van der Waals surface area contributed by atoms with Crippen molar-refractivity contribution < 1.29 is 5.11 Å². The minimum absolute atomic E-state index is 0.401. The Bertz CT molecular complexity index is 454. The molecular formula is C17H28N2O. The summed E-state index contributed by atoms with van der Waals surface area (Å²) in [5, 5.41) is 13.9. The molecule has 0 saturated carbocycles. The van der Waals surface area contributed by atoms with E-state index in [1.807, 2.05) is 6.92 Å². The molecule has 0 saturated heterocycles. The highest BCUT2D eigenvalue weighted by Crippen LogP contribution is 2.29. The number of nitrogens with zero attached hydrogens (tertiary/aromatic N) is 1. The van der Waals surface area contributed by atoms with Gasteiger partial charge in [-0.25, -0.2) is 0 Å². The second kappa shape index (κ2) is 6.15. The van der Waals surface area contributed by atoms with Crippen LogP contribution >= 0.6 is 0 Å². The summed E-state index contributed by atoms with van der Waals surface area (Å²) in [5.41, 5.74) is 3.33. The van der Waals surface area contributed by atoms with Crippen LogP contribution in [0.2, 0.25) is 0 Å². The monoisotopic (exact) mass is 276 g/mol. The van der Waals surface area contributed by atoms with Gasteiger partial charge in [0.05, 0.1) is 5.60 Å². The van der Waals surface area contributed by atoms with E-state index < -0.39 is 5.60 Å². The Kier molecular flexibility index (Phi) is 4.71. The quantitative estimate of drug-likeness (QED) is 0.867. The number of rotatable bonds is 5. The minimum atomic E-state index is -0.705. The molecule has 0 fully saturated rings. The van der Waals surface area contributed by atoms with Crippen LogP contribution in [0.3, 0.4) is 0 Å². The lowest BCUT2D eigenvalue weighted by atomic mass is 9.97. The van der Waals surface area contributed by atoms with Gasteiger partial charge in [-0.2, -0.15) is 0 Å². The average Bonchev–Trinajstić information content (AvgIpc) is 2.36. The second-order valence-electron chi connectivity index (χ2n) is 6.69. The first-order valence-corrected chi connectivity index (χ1v) is 7.68. The summed E-state index contributed by atoms with van der Waals surface area (Å²) >= 11 is 0. The maximum atomic E-state index is 10.6. The van der Waals surface area contributed by atoms with Gasteiger partial charge in [0.1, 0.15) is 0 Å². The summed E-state index contributed by atoms with van der Waals surface area (Å²) in [6.07, 6.45) is 2.32. The molecule has 1 heterocycles. The Morgan fingerprint density at radius 2 is 2.15 bits per heavy atom. The van der Waals surface area contributed by atoms with E-state index in [1.165, 1.54) is 23.2 Å². The van der Waals surface area contributed by atoms with Crippen molar-refractivity contribution in [2.24, 2.45) is 0 Å². The molecule has 3 nitrogen and oxygen atoms in total. The molecule has 0 radical (unpaired) electrons. The molecule has 0 aliphatic carbocycles. The molecule has 20 heavy (non-hydrogen) atoms. The lowest BCUT2D eigenvalue weighted by Gasteiger charge is -2.37. The van der Waals surface area contributed by atoms with Gasteiger partial charge >= 0.3 is 0 Å². The van der Waals surface area contributed by atoms with Crippen molar-refractivity contribution in [3.05, 3.63) is 29.3 Å². The van der Waals surface area contributed by atoms with Crippen molar-refractivity contribution in [3.63, 3.8) is 0 Å². The standard InChI is InChI=1S/C17H28N2O/c1-13(2)18-11-17(4,20)12-19-9-5-6-15-10-14(3)7-8-16(15)19/h7-8,10,13,18,20H,5-6,9,11-12H2,1-4H3. The van der Waals surface area contributed by atoms with Crippen LogP contribution in [0.4, 0.5) is 5.69 Å². The number of β-amino-alcohol motifs (C(OH)–C–C–N with tert-alkyl or cyclic N) is 1. The number of anilines is 1.